The lowest BCUT2D eigenvalue weighted by Crippen LogP contribution is -2.39. The number of aryl methyl sites for hydroxylation is 2. The van der Waals surface area contributed by atoms with E-state index in [-0.39, 0.29) is 12.2 Å². The summed E-state index contributed by atoms with van der Waals surface area (Å²) in [6.07, 6.45) is 3.52. The number of carbonyl (C=O) groups excluding carboxylic acids is 1. The Hall–Kier alpha value is -3.77. The predicted octanol–water partition coefficient (Wildman–Crippen LogP) is 6.07. The van der Waals surface area contributed by atoms with Crippen LogP contribution < -0.4 is 5.32 Å². The molecule has 0 unspecified atom stereocenters. The molecule has 0 atom stereocenters. The Labute approximate surface area is 209 Å². The van der Waals surface area contributed by atoms with Crippen LogP contribution >= 0.6 is 11.6 Å². The lowest BCUT2D eigenvalue weighted by molar-refractivity contribution is -0.146. The van der Waals surface area contributed by atoms with Gasteiger partial charge in [-0.3, -0.25) is 14.6 Å². The number of hydrogen-bond donors (Lipinski definition) is 2. The van der Waals surface area contributed by atoms with E-state index < -0.39 is 17.3 Å². The third kappa shape index (κ3) is 4.75. The Balaban J connectivity index is 1.93. The number of nitrogens with one attached hydrogen (secondary N) is 1. The molecule has 2 N–H and O–H groups in total. The summed E-state index contributed by atoms with van der Waals surface area (Å²) in [6, 6.07) is 15.1. The van der Waals surface area contributed by atoms with E-state index in [1.807, 2.05) is 56.3 Å². The van der Waals surface area contributed by atoms with Crippen molar-refractivity contribution >= 4 is 34.4 Å². The summed E-state index contributed by atoms with van der Waals surface area (Å²) in [4.78, 5) is 33.4. The van der Waals surface area contributed by atoms with Gasteiger partial charge in [-0.15, -0.1) is 0 Å². The average molecular weight is 488 g/mol. The molecular weight excluding hydrogens is 462 g/mol. The minimum Gasteiger partial charge on any atom is -0.481 e. The topological polar surface area (TPSA) is 92.2 Å². The normalized spacial score (nSPS) is 11.5. The molecule has 0 spiro atoms. The molecular formula is C28H26ClN3O3. The van der Waals surface area contributed by atoms with Crippen molar-refractivity contribution in [3.8, 4) is 22.3 Å². The smallest absolute Gasteiger partial charge is 0.310 e. The van der Waals surface area contributed by atoms with Crippen LogP contribution in [0.15, 0.2) is 60.9 Å². The molecule has 178 valence electrons. The van der Waals surface area contributed by atoms with Crippen molar-refractivity contribution in [1.82, 2.24) is 15.3 Å². The van der Waals surface area contributed by atoms with Crippen molar-refractivity contribution in [2.24, 2.45) is 5.41 Å². The second kappa shape index (κ2) is 9.47. The SMILES string of the molecule is Cc1cc2nc(C(=O)NCC(C)(C)C(=O)O)cc(-c3ccccc3Cl)c2c(C)c1-c1ccncc1. The molecule has 0 aliphatic heterocycles. The van der Waals surface area contributed by atoms with Gasteiger partial charge >= 0.3 is 5.97 Å². The van der Waals surface area contributed by atoms with Crippen molar-refractivity contribution in [3.63, 3.8) is 0 Å². The summed E-state index contributed by atoms with van der Waals surface area (Å²) in [6.45, 7) is 7.16. The van der Waals surface area contributed by atoms with Gasteiger partial charge in [0.25, 0.3) is 5.91 Å². The quantitative estimate of drug-likeness (QED) is 0.344. The number of halogens is 1. The first-order chi connectivity index (χ1) is 16.6. The Morgan fingerprint density at radius 2 is 1.71 bits per heavy atom. The summed E-state index contributed by atoms with van der Waals surface area (Å²) < 4.78 is 0. The first-order valence-corrected chi connectivity index (χ1v) is 11.6. The molecule has 2 heterocycles. The molecule has 4 aromatic rings. The highest BCUT2D eigenvalue weighted by atomic mass is 35.5. The number of fused-ring (bicyclic) bond motifs is 1. The molecule has 0 bridgehead atoms. The number of benzene rings is 2. The van der Waals surface area contributed by atoms with Gasteiger partial charge in [0.2, 0.25) is 0 Å². The number of amides is 1. The maximum atomic E-state index is 13.1. The zero-order valence-electron chi connectivity index (χ0n) is 20.0. The molecule has 4 rings (SSSR count). The molecule has 0 saturated heterocycles. The van der Waals surface area contributed by atoms with Gasteiger partial charge in [0, 0.05) is 34.9 Å². The lowest BCUT2D eigenvalue weighted by Gasteiger charge is -2.20. The lowest BCUT2D eigenvalue weighted by atomic mass is 9.89. The molecule has 0 saturated carbocycles. The second-order valence-corrected chi connectivity index (χ2v) is 9.64. The summed E-state index contributed by atoms with van der Waals surface area (Å²) in [5.41, 5.74) is 5.49. The zero-order valence-corrected chi connectivity index (χ0v) is 20.8. The molecule has 35 heavy (non-hydrogen) atoms. The molecule has 1 amide bonds. The Kier molecular flexibility index (Phi) is 6.59. The fourth-order valence-electron chi connectivity index (χ4n) is 4.20. The van der Waals surface area contributed by atoms with Crippen LogP contribution in [-0.2, 0) is 4.79 Å². The predicted molar refractivity (Wildman–Crippen MR) is 139 cm³/mol. The minimum absolute atomic E-state index is 0.0264. The van der Waals surface area contributed by atoms with Crippen LogP contribution in [0.4, 0.5) is 0 Å². The van der Waals surface area contributed by atoms with Gasteiger partial charge in [0.15, 0.2) is 0 Å². The number of aromatic nitrogens is 2. The minimum atomic E-state index is -1.11. The van der Waals surface area contributed by atoms with E-state index in [4.69, 9.17) is 11.6 Å². The summed E-state index contributed by atoms with van der Waals surface area (Å²) >= 11 is 6.59. The first kappa shape index (κ1) is 24.4. The Morgan fingerprint density at radius 1 is 1.03 bits per heavy atom. The highest BCUT2D eigenvalue weighted by molar-refractivity contribution is 6.33. The van der Waals surface area contributed by atoms with Gasteiger partial charge in [-0.2, -0.15) is 0 Å². The summed E-state index contributed by atoms with van der Waals surface area (Å²) in [5, 5.41) is 13.6. The van der Waals surface area contributed by atoms with E-state index in [0.29, 0.717) is 10.5 Å². The van der Waals surface area contributed by atoms with E-state index in [9.17, 15) is 14.7 Å². The van der Waals surface area contributed by atoms with Crippen molar-refractivity contribution < 1.29 is 14.7 Å². The van der Waals surface area contributed by atoms with Gasteiger partial charge in [-0.1, -0.05) is 29.8 Å². The standard InChI is InChI=1S/C28H26ClN3O3/c1-16-13-22-25(17(2)24(16)18-9-11-30-12-10-18)20(19-7-5-6-8-21(19)29)14-23(32-22)26(33)31-15-28(3,4)27(34)35/h5-14H,15H2,1-4H3,(H,31,33)(H,34,35). The number of aliphatic carboxylic acids is 1. The highest BCUT2D eigenvalue weighted by Crippen LogP contribution is 2.40. The van der Waals surface area contributed by atoms with Crippen molar-refractivity contribution in [3.05, 3.63) is 82.8 Å². The summed E-state index contributed by atoms with van der Waals surface area (Å²) in [5.74, 6) is -1.43. The third-order valence-electron chi connectivity index (χ3n) is 6.18. The average Bonchev–Trinajstić information content (AvgIpc) is 2.82. The van der Waals surface area contributed by atoms with E-state index in [2.05, 4.69) is 15.3 Å². The second-order valence-electron chi connectivity index (χ2n) is 9.23. The number of carbonyl (C=O) groups is 2. The number of carboxylic acids is 1. The van der Waals surface area contributed by atoms with Gasteiger partial charge < -0.3 is 10.4 Å². The van der Waals surface area contributed by atoms with Crippen LogP contribution in [-0.4, -0.2) is 33.5 Å². The number of rotatable bonds is 6. The molecule has 6 nitrogen and oxygen atoms in total. The van der Waals surface area contributed by atoms with Crippen LogP contribution in [0.2, 0.25) is 5.02 Å². The maximum absolute atomic E-state index is 13.1. The van der Waals surface area contributed by atoms with E-state index in [0.717, 1.165) is 38.8 Å². The number of carboxylic acid groups (broad SMARTS) is 1. The monoisotopic (exact) mass is 487 g/mol. The van der Waals surface area contributed by atoms with E-state index in [1.54, 1.807) is 32.3 Å². The molecule has 0 aliphatic rings. The van der Waals surface area contributed by atoms with Crippen LogP contribution in [0.25, 0.3) is 33.2 Å². The van der Waals surface area contributed by atoms with Crippen LogP contribution in [0.5, 0.6) is 0 Å². The fourth-order valence-corrected chi connectivity index (χ4v) is 4.44. The molecule has 0 aliphatic carbocycles. The van der Waals surface area contributed by atoms with E-state index >= 15 is 0 Å². The zero-order chi connectivity index (χ0) is 25.3. The van der Waals surface area contributed by atoms with Crippen LogP contribution in [0, 0.1) is 19.3 Å². The largest absolute Gasteiger partial charge is 0.481 e. The molecule has 2 aromatic carbocycles. The maximum Gasteiger partial charge on any atom is 0.310 e. The molecule has 2 aromatic heterocycles. The highest BCUT2D eigenvalue weighted by Gasteiger charge is 2.28. The fraction of sp³-hybridized carbons (Fsp3) is 0.214. The number of nitrogens with zero attached hydrogens (tertiary/aromatic N) is 2. The molecule has 0 fully saturated rings. The van der Waals surface area contributed by atoms with Crippen molar-refractivity contribution in [1.29, 1.82) is 0 Å². The van der Waals surface area contributed by atoms with Crippen molar-refractivity contribution in [2.75, 3.05) is 6.54 Å². The first-order valence-electron chi connectivity index (χ1n) is 11.2. The molecule has 7 heteroatoms. The van der Waals surface area contributed by atoms with E-state index in [1.165, 1.54) is 0 Å². The van der Waals surface area contributed by atoms with Crippen molar-refractivity contribution in [2.45, 2.75) is 27.7 Å². The third-order valence-corrected chi connectivity index (χ3v) is 6.51. The molecule has 0 radical (unpaired) electrons. The number of hydrogen-bond acceptors (Lipinski definition) is 4. The summed E-state index contributed by atoms with van der Waals surface area (Å²) in [7, 11) is 0. The Morgan fingerprint density at radius 3 is 2.37 bits per heavy atom. The Bertz CT molecular complexity index is 1450. The van der Waals surface area contributed by atoms with Gasteiger partial charge in [-0.05, 0) is 85.8 Å². The van der Waals surface area contributed by atoms with Gasteiger partial charge in [-0.25, -0.2) is 4.98 Å². The van der Waals surface area contributed by atoms with Crippen LogP contribution in [0.1, 0.15) is 35.5 Å². The van der Waals surface area contributed by atoms with Crippen LogP contribution in [0.3, 0.4) is 0 Å². The van der Waals surface area contributed by atoms with Gasteiger partial charge in [0.1, 0.15) is 5.69 Å². The van der Waals surface area contributed by atoms with Gasteiger partial charge in [0.05, 0.1) is 10.9 Å². The number of pyridine rings is 2.